The molecule has 1 aromatic carbocycles. The van der Waals surface area contributed by atoms with E-state index in [1.54, 1.807) is 30.6 Å². The monoisotopic (exact) mass is 456 g/mol. The van der Waals surface area contributed by atoms with Crippen LogP contribution in [0.5, 0.6) is 5.75 Å². The molecule has 7 nitrogen and oxygen atoms in total. The van der Waals surface area contributed by atoms with Crippen LogP contribution in [0, 0.1) is 0 Å². The molecule has 1 aliphatic heterocycles. The molecule has 4 rings (SSSR count). The van der Waals surface area contributed by atoms with Gasteiger partial charge in [0.25, 0.3) is 5.91 Å². The topological polar surface area (TPSA) is 74.8 Å². The second-order valence-electron chi connectivity index (χ2n) is 7.29. The normalized spacial score (nSPS) is 14.5. The third kappa shape index (κ3) is 5.30. The van der Waals surface area contributed by atoms with E-state index in [1.165, 1.54) is 18.3 Å². The fourth-order valence-corrected chi connectivity index (χ4v) is 5.17. The summed E-state index contributed by atoms with van der Waals surface area (Å²) in [5, 5.41) is 6.53. The molecule has 0 aliphatic carbocycles. The van der Waals surface area contributed by atoms with Gasteiger partial charge < -0.3 is 15.0 Å². The van der Waals surface area contributed by atoms with E-state index < -0.39 is 0 Å². The van der Waals surface area contributed by atoms with Crippen molar-refractivity contribution < 1.29 is 14.3 Å². The van der Waals surface area contributed by atoms with Crippen LogP contribution in [0.4, 0.5) is 5.00 Å². The highest BCUT2D eigenvalue weighted by molar-refractivity contribution is 7.18. The highest BCUT2D eigenvalue weighted by atomic mass is 32.1. The molecular weight excluding hydrogens is 432 g/mol. The summed E-state index contributed by atoms with van der Waals surface area (Å²) in [6.45, 7) is 5.22. The van der Waals surface area contributed by atoms with E-state index in [0.29, 0.717) is 23.0 Å². The SMILES string of the molecule is COc1ccc(-c2nc(CN3CCN(C(=O)c4ccc(NC(C)=O)s4)CC3)cs2)cc1. The molecule has 9 heteroatoms. The molecule has 0 atom stereocenters. The number of aromatic nitrogens is 1. The van der Waals surface area contributed by atoms with E-state index in [-0.39, 0.29) is 11.8 Å². The minimum absolute atomic E-state index is 0.0247. The predicted octanol–water partition coefficient (Wildman–Crippen LogP) is 3.80. The van der Waals surface area contributed by atoms with E-state index in [1.807, 2.05) is 29.2 Å². The molecule has 3 aromatic rings. The summed E-state index contributed by atoms with van der Waals surface area (Å²) in [6, 6.07) is 11.5. The van der Waals surface area contributed by atoms with Crippen molar-refractivity contribution in [3.05, 3.63) is 52.3 Å². The lowest BCUT2D eigenvalue weighted by Crippen LogP contribution is -2.48. The van der Waals surface area contributed by atoms with Gasteiger partial charge in [0.05, 0.1) is 22.7 Å². The molecule has 1 fully saturated rings. The Balaban J connectivity index is 1.30. The minimum Gasteiger partial charge on any atom is -0.497 e. The first kappa shape index (κ1) is 21.5. The summed E-state index contributed by atoms with van der Waals surface area (Å²) < 4.78 is 5.21. The van der Waals surface area contributed by atoms with Crippen LogP contribution < -0.4 is 10.1 Å². The largest absolute Gasteiger partial charge is 0.497 e. The van der Waals surface area contributed by atoms with Crippen LogP contribution in [0.1, 0.15) is 22.3 Å². The number of anilines is 1. The maximum Gasteiger partial charge on any atom is 0.264 e. The summed E-state index contributed by atoms with van der Waals surface area (Å²) in [6.07, 6.45) is 0. The lowest BCUT2D eigenvalue weighted by molar-refractivity contribution is -0.114. The lowest BCUT2D eigenvalue weighted by Gasteiger charge is -2.34. The van der Waals surface area contributed by atoms with Gasteiger partial charge in [0, 0.05) is 50.6 Å². The fraction of sp³-hybridized carbons (Fsp3) is 0.318. The number of carbonyl (C=O) groups is 2. The Morgan fingerprint density at radius 1 is 1.10 bits per heavy atom. The van der Waals surface area contributed by atoms with Crippen molar-refractivity contribution in [1.82, 2.24) is 14.8 Å². The van der Waals surface area contributed by atoms with Crippen LogP contribution in [-0.2, 0) is 11.3 Å². The molecule has 0 spiro atoms. The molecule has 0 saturated carbocycles. The number of nitrogens with zero attached hydrogens (tertiary/aromatic N) is 3. The zero-order valence-electron chi connectivity index (χ0n) is 17.5. The van der Waals surface area contributed by atoms with Gasteiger partial charge in [-0.05, 0) is 36.4 Å². The summed E-state index contributed by atoms with van der Waals surface area (Å²) in [5.41, 5.74) is 2.14. The van der Waals surface area contributed by atoms with Crippen molar-refractivity contribution in [3.63, 3.8) is 0 Å². The van der Waals surface area contributed by atoms with Crippen molar-refractivity contribution in [1.29, 1.82) is 0 Å². The number of nitrogens with one attached hydrogen (secondary N) is 1. The number of hydrogen-bond donors (Lipinski definition) is 1. The minimum atomic E-state index is -0.133. The maximum atomic E-state index is 12.8. The second-order valence-corrected chi connectivity index (χ2v) is 9.23. The Morgan fingerprint density at radius 3 is 2.52 bits per heavy atom. The molecule has 1 aliphatic rings. The van der Waals surface area contributed by atoms with Gasteiger partial charge in [-0.25, -0.2) is 4.98 Å². The number of thiophene rings is 1. The van der Waals surface area contributed by atoms with Crippen LogP contribution in [0.3, 0.4) is 0 Å². The Labute approximate surface area is 189 Å². The maximum absolute atomic E-state index is 12.8. The number of rotatable bonds is 6. The van der Waals surface area contributed by atoms with Gasteiger partial charge in [-0.3, -0.25) is 14.5 Å². The summed E-state index contributed by atoms with van der Waals surface area (Å²) in [4.78, 5) is 33.6. The zero-order chi connectivity index (χ0) is 21.8. The number of thiazole rings is 1. The zero-order valence-corrected chi connectivity index (χ0v) is 19.1. The molecule has 0 radical (unpaired) electrons. The first-order valence-electron chi connectivity index (χ1n) is 9.99. The van der Waals surface area contributed by atoms with E-state index >= 15 is 0 Å². The lowest BCUT2D eigenvalue weighted by atomic mass is 10.2. The molecule has 2 amide bonds. The first-order valence-corrected chi connectivity index (χ1v) is 11.7. The molecule has 1 N–H and O–H groups in total. The molecule has 31 heavy (non-hydrogen) atoms. The standard InChI is InChI=1S/C22H24N4O3S2/c1-15(27)23-20-8-7-19(31-20)22(28)26-11-9-25(10-12-26)13-17-14-30-21(24-17)16-3-5-18(29-2)6-4-16/h3-8,14H,9-13H2,1-2H3,(H,23,27). The fourth-order valence-electron chi connectivity index (χ4n) is 3.43. The van der Waals surface area contributed by atoms with E-state index in [4.69, 9.17) is 9.72 Å². The third-order valence-corrected chi connectivity index (χ3v) is 6.98. The molecule has 0 bridgehead atoms. The number of amides is 2. The number of piperazine rings is 1. The van der Waals surface area contributed by atoms with Gasteiger partial charge in [0.1, 0.15) is 10.8 Å². The number of methoxy groups -OCH3 is 1. The Morgan fingerprint density at radius 2 is 1.84 bits per heavy atom. The van der Waals surface area contributed by atoms with Crippen LogP contribution in [0.2, 0.25) is 0 Å². The Kier molecular flexibility index (Phi) is 6.64. The van der Waals surface area contributed by atoms with Crippen molar-refractivity contribution in [2.75, 3.05) is 38.6 Å². The third-order valence-electron chi connectivity index (χ3n) is 5.05. The molecule has 162 valence electrons. The van der Waals surface area contributed by atoms with Gasteiger partial charge in [-0.1, -0.05) is 0 Å². The van der Waals surface area contributed by atoms with Gasteiger partial charge in [-0.2, -0.15) is 0 Å². The van der Waals surface area contributed by atoms with Crippen LogP contribution in [0.15, 0.2) is 41.8 Å². The molecule has 2 aromatic heterocycles. The average Bonchev–Trinajstić information content (AvgIpc) is 3.43. The van der Waals surface area contributed by atoms with Crippen LogP contribution in [-0.4, -0.2) is 59.9 Å². The predicted molar refractivity (Wildman–Crippen MR) is 124 cm³/mol. The number of hydrogen-bond acceptors (Lipinski definition) is 7. The first-order chi connectivity index (χ1) is 15.0. The van der Waals surface area contributed by atoms with Gasteiger partial charge >= 0.3 is 0 Å². The van der Waals surface area contributed by atoms with Crippen LogP contribution >= 0.6 is 22.7 Å². The van der Waals surface area contributed by atoms with E-state index in [9.17, 15) is 9.59 Å². The molecular formula is C22H24N4O3S2. The Hall–Kier alpha value is -2.75. The molecule has 3 heterocycles. The molecule has 1 saturated heterocycles. The number of benzene rings is 1. The van der Waals surface area contributed by atoms with Crippen LogP contribution in [0.25, 0.3) is 10.6 Å². The number of ether oxygens (including phenoxy) is 1. The van der Waals surface area contributed by atoms with Gasteiger partial charge in [-0.15, -0.1) is 22.7 Å². The number of carbonyl (C=O) groups excluding carboxylic acids is 2. The Bertz CT molecular complexity index is 1050. The van der Waals surface area contributed by atoms with E-state index in [2.05, 4.69) is 15.6 Å². The van der Waals surface area contributed by atoms with Gasteiger partial charge in [0.15, 0.2) is 0 Å². The highest BCUT2D eigenvalue weighted by Gasteiger charge is 2.24. The molecule has 0 unspecified atom stereocenters. The highest BCUT2D eigenvalue weighted by Crippen LogP contribution is 2.27. The van der Waals surface area contributed by atoms with Crippen molar-refractivity contribution in [3.8, 4) is 16.3 Å². The van der Waals surface area contributed by atoms with Crippen molar-refractivity contribution in [2.45, 2.75) is 13.5 Å². The summed E-state index contributed by atoms with van der Waals surface area (Å²) >= 11 is 2.96. The summed E-state index contributed by atoms with van der Waals surface area (Å²) in [5.74, 6) is 0.727. The van der Waals surface area contributed by atoms with E-state index in [0.717, 1.165) is 41.6 Å². The van der Waals surface area contributed by atoms with Gasteiger partial charge in [0.2, 0.25) is 5.91 Å². The second kappa shape index (κ2) is 9.59. The van der Waals surface area contributed by atoms with Crippen molar-refractivity contribution >= 4 is 39.5 Å². The smallest absolute Gasteiger partial charge is 0.264 e. The van der Waals surface area contributed by atoms with Crippen molar-refractivity contribution in [2.24, 2.45) is 0 Å². The quantitative estimate of drug-likeness (QED) is 0.611. The summed E-state index contributed by atoms with van der Waals surface area (Å²) in [7, 11) is 1.66. The average molecular weight is 457 g/mol.